The molecule has 0 aliphatic carbocycles. The van der Waals surface area contributed by atoms with E-state index in [0.717, 1.165) is 25.7 Å². The van der Waals surface area contributed by atoms with Crippen LogP contribution in [-0.4, -0.2) is 40.6 Å². The Morgan fingerprint density at radius 3 is 2.62 bits per heavy atom. The quantitative estimate of drug-likeness (QED) is 0.896. The number of fused-ring (bicyclic) bond motifs is 2. The molecule has 2 heterocycles. The Balaban J connectivity index is 1.64. The first kappa shape index (κ1) is 15.1. The molecule has 2 fully saturated rings. The van der Waals surface area contributed by atoms with E-state index in [9.17, 15) is 9.90 Å². The van der Waals surface area contributed by atoms with E-state index in [1.54, 1.807) is 18.2 Å². The van der Waals surface area contributed by atoms with Gasteiger partial charge >= 0.3 is 0 Å². The molecule has 0 spiro atoms. The number of hydrogen-bond donors (Lipinski definition) is 2. The van der Waals surface area contributed by atoms with Crippen molar-refractivity contribution in [1.82, 2.24) is 4.90 Å². The van der Waals surface area contributed by atoms with Crippen molar-refractivity contribution in [2.75, 3.05) is 11.9 Å². The Morgan fingerprint density at radius 1 is 1.29 bits per heavy atom. The molecule has 2 aliphatic rings. The molecule has 3 rings (SSSR count). The van der Waals surface area contributed by atoms with Crippen LogP contribution in [0.4, 0.5) is 5.69 Å². The fourth-order valence-corrected chi connectivity index (χ4v) is 3.81. The van der Waals surface area contributed by atoms with Gasteiger partial charge in [0.1, 0.15) is 0 Å². The molecule has 0 saturated carbocycles. The first-order chi connectivity index (χ1) is 10.0. The van der Waals surface area contributed by atoms with Gasteiger partial charge in [0, 0.05) is 12.1 Å². The number of carbonyl (C=O) groups is 1. The molecule has 114 valence electrons. The number of carbonyl (C=O) groups excluding carboxylic acids is 1. The molecule has 0 radical (unpaired) electrons. The van der Waals surface area contributed by atoms with E-state index >= 15 is 0 Å². The number of nitrogens with one attached hydrogen (secondary N) is 1. The van der Waals surface area contributed by atoms with Crippen molar-refractivity contribution in [3.8, 4) is 0 Å². The van der Waals surface area contributed by atoms with Crippen molar-refractivity contribution in [2.24, 2.45) is 0 Å². The Labute approximate surface area is 134 Å². The van der Waals surface area contributed by atoms with Crippen molar-refractivity contribution in [1.29, 1.82) is 0 Å². The van der Waals surface area contributed by atoms with Gasteiger partial charge in [-0.15, -0.1) is 0 Å². The van der Waals surface area contributed by atoms with Crippen molar-refractivity contribution >= 4 is 34.8 Å². The van der Waals surface area contributed by atoms with Crippen LogP contribution in [0.3, 0.4) is 0 Å². The molecule has 2 saturated heterocycles. The molecule has 2 aliphatic heterocycles. The Kier molecular flexibility index (Phi) is 4.41. The summed E-state index contributed by atoms with van der Waals surface area (Å²) in [6, 6.07) is 5.82. The van der Waals surface area contributed by atoms with E-state index in [-0.39, 0.29) is 12.0 Å². The predicted molar refractivity (Wildman–Crippen MR) is 83.8 cm³/mol. The largest absolute Gasteiger partial charge is 0.393 e. The number of aliphatic hydroxyl groups excluding tert-OH is 1. The van der Waals surface area contributed by atoms with Gasteiger partial charge in [0.2, 0.25) is 5.91 Å². The van der Waals surface area contributed by atoms with Gasteiger partial charge in [-0.05, 0) is 37.8 Å². The molecule has 2 atom stereocenters. The third kappa shape index (κ3) is 3.19. The molecule has 21 heavy (non-hydrogen) atoms. The molecule has 1 amide bonds. The summed E-state index contributed by atoms with van der Waals surface area (Å²) in [4.78, 5) is 14.4. The van der Waals surface area contributed by atoms with Gasteiger partial charge < -0.3 is 10.4 Å². The summed E-state index contributed by atoms with van der Waals surface area (Å²) in [5.41, 5.74) is 0.540. The van der Waals surface area contributed by atoms with E-state index in [0.29, 0.717) is 34.4 Å². The number of hydrogen-bond acceptors (Lipinski definition) is 3. The number of piperidine rings is 1. The molecule has 6 heteroatoms. The lowest BCUT2D eigenvalue weighted by molar-refractivity contribution is -0.119. The van der Waals surface area contributed by atoms with Crippen LogP contribution in [0.1, 0.15) is 25.7 Å². The van der Waals surface area contributed by atoms with E-state index in [4.69, 9.17) is 23.2 Å². The fraction of sp³-hybridized carbons (Fsp3) is 0.533. The van der Waals surface area contributed by atoms with Crippen LogP contribution < -0.4 is 5.32 Å². The minimum atomic E-state index is -0.218. The molecule has 2 N–H and O–H groups in total. The van der Waals surface area contributed by atoms with Crippen LogP contribution in [0.25, 0.3) is 0 Å². The highest BCUT2D eigenvalue weighted by Gasteiger charge is 2.40. The van der Waals surface area contributed by atoms with Crippen LogP contribution in [0.2, 0.25) is 10.0 Å². The summed E-state index contributed by atoms with van der Waals surface area (Å²) in [5, 5.41) is 13.4. The molecule has 2 unspecified atom stereocenters. The number of halogens is 2. The lowest BCUT2D eigenvalue weighted by atomic mass is 10.00. The van der Waals surface area contributed by atoms with Gasteiger partial charge in [0.05, 0.1) is 28.4 Å². The highest BCUT2D eigenvalue weighted by atomic mass is 35.5. The lowest BCUT2D eigenvalue weighted by Crippen LogP contribution is -2.47. The minimum absolute atomic E-state index is 0.0903. The SMILES string of the molecule is O=C(CN1C2CCC1CC(O)C2)Nc1cccc(Cl)c1Cl. The maximum absolute atomic E-state index is 12.2. The summed E-state index contributed by atoms with van der Waals surface area (Å²) in [7, 11) is 0. The smallest absolute Gasteiger partial charge is 0.238 e. The third-order valence-electron chi connectivity index (χ3n) is 4.41. The molecule has 2 bridgehead atoms. The van der Waals surface area contributed by atoms with Gasteiger partial charge in [-0.25, -0.2) is 0 Å². The molecule has 1 aromatic carbocycles. The zero-order valence-corrected chi connectivity index (χ0v) is 13.1. The Bertz CT molecular complexity index is 538. The fourth-order valence-electron chi connectivity index (χ4n) is 3.46. The van der Waals surface area contributed by atoms with Crippen molar-refractivity contribution in [2.45, 2.75) is 43.9 Å². The van der Waals surface area contributed by atoms with Crippen LogP contribution in [0.5, 0.6) is 0 Å². The minimum Gasteiger partial charge on any atom is -0.393 e. The normalized spacial score (nSPS) is 28.6. The van der Waals surface area contributed by atoms with Gasteiger partial charge in [-0.2, -0.15) is 0 Å². The predicted octanol–water partition coefficient (Wildman–Crippen LogP) is 2.92. The molecule has 4 nitrogen and oxygen atoms in total. The van der Waals surface area contributed by atoms with Crippen LogP contribution in [-0.2, 0) is 4.79 Å². The maximum atomic E-state index is 12.2. The first-order valence-corrected chi connectivity index (χ1v) is 7.98. The third-order valence-corrected chi connectivity index (χ3v) is 5.23. The maximum Gasteiger partial charge on any atom is 0.238 e. The lowest BCUT2D eigenvalue weighted by Gasteiger charge is -2.36. The number of anilines is 1. The number of aliphatic hydroxyl groups is 1. The summed E-state index contributed by atoms with van der Waals surface area (Å²) in [5.74, 6) is -0.0903. The molecular weight excluding hydrogens is 311 g/mol. The second-order valence-electron chi connectivity index (χ2n) is 5.83. The summed E-state index contributed by atoms with van der Waals surface area (Å²) in [6.07, 6.45) is 3.44. The topological polar surface area (TPSA) is 52.6 Å². The number of nitrogens with zero attached hydrogens (tertiary/aromatic N) is 1. The molecule has 1 aromatic rings. The Morgan fingerprint density at radius 2 is 1.95 bits per heavy atom. The highest BCUT2D eigenvalue weighted by Crippen LogP contribution is 2.35. The zero-order chi connectivity index (χ0) is 15.0. The number of rotatable bonds is 3. The summed E-state index contributed by atoms with van der Waals surface area (Å²) >= 11 is 12.0. The van der Waals surface area contributed by atoms with Gasteiger partial charge in [-0.3, -0.25) is 9.69 Å². The highest BCUT2D eigenvalue weighted by molar-refractivity contribution is 6.43. The van der Waals surface area contributed by atoms with Gasteiger partial charge in [0.15, 0.2) is 0 Å². The second-order valence-corrected chi connectivity index (χ2v) is 6.62. The van der Waals surface area contributed by atoms with Gasteiger partial charge in [-0.1, -0.05) is 29.3 Å². The van der Waals surface area contributed by atoms with E-state index in [2.05, 4.69) is 10.2 Å². The first-order valence-electron chi connectivity index (χ1n) is 7.22. The average molecular weight is 329 g/mol. The van der Waals surface area contributed by atoms with Crippen molar-refractivity contribution in [3.63, 3.8) is 0 Å². The van der Waals surface area contributed by atoms with E-state index in [1.165, 1.54) is 0 Å². The van der Waals surface area contributed by atoms with Crippen LogP contribution >= 0.6 is 23.2 Å². The van der Waals surface area contributed by atoms with E-state index in [1.807, 2.05) is 0 Å². The summed E-state index contributed by atoms with van der Waals surface area (Å²) in [6.45, 7) is 0.338. The second kappa shape index (κ2) is 6.13. The molecule has 0 aromatic heterocycles. The number of benzene rings is 1. The van der Waals surface area contributed by atoms with Crippen LogP contribution in [0.15, 0.2) is 18.2 Å². The van der Waals surface area contributed by atoms with Gasteiger partial charge in [0.25, 0.3) is 0 Å². The van der Waals surface area contributed by atoms with E-state index < -0.39 is 0 Å². The summed E-state index contributed by atoms with van der Waals surface area (Å²) < 4.78 is 0. The Hall–Kier alpha value is -0.810. The zero-order valence-electron chi connectivity index (χ0n) is 11.6. The average Bonchev–Trinajstić information content (AvgIpc) is 2.68. The number of amides is 1. The molecular formula is C15H18Cl2N2O2. The standard InChI is InChI=1S/C15H18Cl2N2O2/c16-12-2-1-3-13(15(12)17)18-14(21)8-19-9-4-5-10(19)7-11(20)6-9/h1-3,9-11,20H,4-8H2,(H,18,21). The monoisotopic (exact) mass is 328 g/mol. The van der Waals surface area contributed by atoms with Crippen molar-refractivity contribution < 1.29 is 9.90 Å². The van der Waals surface area contributed by atoms with Crippen molar-refractivity contribution in [3.05, 3.63) is 28.2 Å². The van der Waals surface area contributed by atoms with Crippen LogP contribution in [0, 0.1) is 0 Å².